The highest BCUT2D eigenvalue weighted by Crippen LogP contribution is 2.15. The van der Waals surface area contributed by atoms with Crippen molar-refractivity contribution in [3.63, 3.8) is 0 Å². The number of carbonyl (C=O) groups excluding carboxylic acids is 2. The Balaban J connectivity index is 1.79. The summed E-state index contributed by atoms with van der Waals surface area (Å²) in [6.45, 7) is 4.68. The standard InChI is InChI=1S/C17H22FN3O2/c1-2-3-16(22)20-13-8-9-21(11-13)17(23)7-5-12-4-6-15(19)14(18)10-12/h2,4,6,10,13H,1,3,5,7-9,11,19H2,(H,20,22). The van der Waals surface area contributed by atoms with Crippen LogP contribution in [0.15, 0.2) is 30.9 Å². The molecule has 1 saturated heterocycles. The van der Waals surface area contributed by atoms with Gasteiger partial charge < -0.3 is 16.0 Å². The van der Waals surface area contributed by atoms with Gasteiger partial charge in [0.15, 0.2) is 0 Å². The van der Waals surface area contributed by atoms with E-state index in [1.165, 1.54) is 12.1 Å². The molecule has 2 rings (SSSR count). The molecule has 0 bridgehead atoms. The number of likely N-dealkylation sites (tertiary alicyclic amines) is 1. The molecular weight excluding hydrogens is 297 g/mol. The van der Waals surface area contributed by atoms with E-state index in [2.05, 4.69) is 11.9 Å². The molecule has 1 aromatic rings. The van der Waals surface area contributed by atoms with Crippen molar-refractivity contribution in [2.75, 3.05) is 18.8 Å². The second kappa shape index (κ2) is 7.76. The van der Waals surface area contributed by atoms with Gasteiger partial charge in [0.2, 0.25) is 11.8 Å². The number of nitrogens with one attached hydrogen (secondary N) is 1. The molecule has 5 nitrogen and oxygen atoms in total. The summed E-state index contributed by atoms with van der Waals surface area (Å²) in [5.74, 6) is -0.513. The summed E-state index contributed by atoms with van der Waals surface area (Å²) in [7, 11) is 0. The third kappa shape index (κ3) is 4.81. The molecule has 1 heterocycles. The summed E-state index contributed by atoms with van der Waals surface area (Å²) >= 11 is 0. The average Bonchev–Trinajstić information content (AvgIpc) is 2.97. The number of nitrogens with zero attached hydrogens (tertiary/aromatic N) is 1. The molecule has 0 spiro atoms. The average molecular weight is 319 g/mol. The maximum Gasteiger partial charge on any atom is 0.224 e. The highest BCUT2D eigenvalue weighted by Gasteiger charge is 2.26. The number of halogens is 1. The zero-order valence-electron chi connectivity index (χ0n) is 13.1. The van der Waals surface area contributed by atoms with E-state index in [4.69, 9.17) is 5.73 Å². The molecule has 1 aliphatic rings. The monoisotopic (exact) mass is 319 g/mol. The van der Waals surface area contributed by atoms with Crippen LogP contribution >= 0.6 is 0 Å². The largest absolute Gasteiger partial charge is 0.396 e. The quantitative estimate of drug-likeness (QED) is 0.618. The zero-order valence-corrected chi connectivity index (χ0v) is 13.1. The van der Waals surface area contributed by atoms with Crippen LogP contribution in [0.4, 0.5) is 10.1 Å². The fourth-order valence-corrected chi connectivity index (χ4v) is 2.66. The Hall–Kier alpha value is -2.37. The molecule has 0 aliphatic carbocycles. The van der Waals surface area contributed by atoms with Gasteiger partial charge in [-0.25, -0.2) is 4.39 Å². The smallest absolute Gasteiger partial charge is 0.224 e. The van der Waals surface area contributed by atoms with Gasteiger partial charge in [0, 0.05) is 32.0 Å². The summed E-state index contributed by atoms with van der Waals surface area (Å²) < 4.78 is 13.4. The molecule has 1 fully saturated rings. The van der Waals surface area contributed by atoms with Gasteiger partial charge in [-0.15, -0.1) is 6.58 Å². The third-order valence-corrected chi connectivity index (χ3v) is 3.93. The van der Waals surface area contributed by atoms with Crippen molar-refractivity contribution in [2.24, 2.45) is 0 Å². The first kappa shape index (κ1) is 17.0. The Bertz CT molecular complexity index is 604. The van der Waals surface area contributed by atoms with Gasteiger partial charge in [-0.3, -0.25) is 9.59 Å². The Kier molecular flexibility index (Phi) is 5.73. The number of aryl methyl sites for hydroxylation is 1. The van der Waals surface area contributed by atoms with E-state index >= 15 is 0 Å². The van der Waals surface area contributed by atoms with Gasteiger partial charge >= 0.3 is 0 Å². The minimum Gasteiger partial charge on any atom is -0.396 e. The lowest BCUT2D eigenvalue weighted by molar-refractivity contribution is -0.130. The lowest BCUT2D eigenvalue weighted by atomic mass is 10.1. The molecule has 6 heteroatoms. The number of amides is 2. The van der Waals surface area contributed by atoms with E-state index in [9.17, 15) is 14.0 Å². The van der Waals surface area contributed by atoms with Crippen LogP contribution in [0.5, 0.6) is 0 Å². The zero-order chi connectivity index (χ0) is 16.8. The summed E-state index contributed by atoms with van der Waals surface area (Å²) in [6.07, 6.45) is 3.38. The van der Waals surface area contributed by atoms with Gasteiger partial charge in [-0.05, 0) is 30.5 Å². The molecule has 1 aromatic carbocycles. The van der Waals surface area contributed by atoms with Gasteiger partial charge in [0.1, 0.15) is 5.82 Å². The molecule has 0 aromatic heterocycles. The number of nitrogens with two attached hydrogens (primary N) is 1. The highest BCUT2D eigenvalue weighted by atomic mass is 19.1. The van der Waals surface area contributed by atoms with Crippen LogP contribution in [0.3, 0.4) is 0 Å². The molecule has 124 valence electrons. The number of rotatable bonds is 6. The Morgan fingerprint density at radius 2 is 2.26 bits per heavy atom. The van der Waals surface area contributed by atoms with Crippen LogP contribution in [0.2, 0.25) is 0 Å². The molecular formula is C17H22FN3O2. The van der Waals surface area contributed by atoms with Gasteiger partial charge in [0.25, 0.3) is 0 Å². The van der Waals surface area contributed by atoms with E-state index in [0.717, 1.165) is 12.0 Å². The van der Waals surface area contributed by atoms with E-state index < -0.39 is 5.82 Å². The lowest BCUT2D eigenvalue weighted by Crippen LogP contribution is -2.38. The first-order chi connectivity index (χ1) is 11.0. The van der Waals surface area contributed by atoms with Crippen LogP contribution in [-0.2, 0) is 16.0 Å². The number of carbonyl (C=O) groups is 2. The summed E-state index contributed by atoms with van der Waals surface area (Å²) in [4.78, 5) is 25.5. The molecule has 1 aliphatic heterocycles. The Morgan fingerprint density at radius 3 is 2.96 bits per heavy atom. The first-order valence-corrected chi connectivity index (χ1v) is 7.71. The highest BCUT2D eigenvalue weighted by molar-refractivity contribution is 5.79. The first-order valence-electron chi connectivity index (χ1n) is 7.71. The minimum absolute atomic E-state index is 0.000341. The third-order valence-electron chi connectivity index (χ3n) is 3.93. The van der Waals surface area contributed by atoms with Gasteiger partial charge in [0.05, 0.1) is 5.69 Å². The van der Waals surface area contributed by atoms with E-state index in [1.54, 1.807) is 17.0 Å². The molecule has 1 unspecified atom stereocenters. The number of nitrogen functional groups attached to an aromatic ring is 1. The molecule has 0 radical (unpaired) electrons. The fourth-order valence-electron chi connectivity index (χ4n) is 2.66. The van der Waals surface area contributed by atoms with Crippen LogP contribution in [0, 0.1) is 5.82 Å². The van der Waals surface area contributed by atoms with E-state index in [-0.39, 0.29) is 30.0 Å². The summed E-state index contributed by atoms with van der Waals surface area (Å²) in [5, 5.41) is 2.88. The SMILES string of the molecule is C=CCC(=O)NC1CCN(C(=O)CCc2ccc(N)c(F)c2)C1. The molecule has 3 N–H and O–H groups in total. The second-order valence-electron chi connectivity index (χ2n) is 5.74. The second-order valence-corrected chi connectivity index (χ2v) is 5.74. The predicted molar refractivity (Wildman–Crippen MR) is 87.1 cm³/mol. The minimum atomic E-state index is -0.457. The Morgan fingerprint density at radius 1 is 1.48 bits per heavy atom. The van der Waals surface area contributed by atoms with Crippen molar-refractivity contribution in [1.29, 1.82) is 0 Å². The maximum atomic E-state index is 13.4. The maximum absolute atomic E-state index is 13.4. The number of hydrogen-bond acceptors (Lipinski definition) is 3. The lowest BCUT2D eigenvalue weighted by Gasteiger charge is -2.17. The van der Waals surface area contributed by atoms with Crippen LogP contribution in [0.25, 0.3) is 0 Å². The topological polar surface area (TPSA) is 75.4 Å². The fraction of sp³-hybridized carbons (Fsp3) is 0.412. The number of anilines is 1. The van der Waals surface area contributed by atoms with Crippen molar-refractivity contribution in [1.82, 2.24) is 10.2 Å². The molecule has 2 amide bonds. The molecule has 23 heavy (non-hydrogen) atoms. The van der Waals surface area contributed by atoms with E-state index in [1.807, 2.05) is 0 Å². The van der Waals surface area contributed by atoms with Crippen molar-refractivity contribution >= 4 is 17.5 Å². The van der Waals surface area contributed by atoms with Gasteiger partial charge in [-0.2, -0.15) is 0 Å². The molecule has 0 saturated carbocycles. The normalized spacial score (nSPS) is 17.1. The number of hydrogen-bond donors (Lipinski definition) is 2. The number of benzene rings is 1. The van der Waals surface area contributed by atoms with E-state index in [0.29, 0.717) is 25.9 Å². The van der Waals surface area contributed by atoms with Gasteiger partial charge in [-0.1, -0.05) is 12.1 Å². The van der Waals surface area contributed by atoms with Crippen molar-refractivity contribution in [3.8, 4) is 0 Å². The predicted octanol–water partition coefficient (Wildman–Crippen LogP) is 1.63. The van der Waals surface area contributed by atoms with Crippen molar-refractivity contribution in [3.05, 3.63) is 42.2 Å². The van der Waals surface area contributed by atoms with Crippen LogP contribution in [0.1, 0.15) is 24.8 Å². The van der Waals surface area contributed by atoms with Crippen molar-refractivity contribution < 1.29 is 14.0 Å². The van der Waals surface area contributed by atoms with Crippen LogP contribution in [-0.4, -0.2) is 35.8 Å². The summed E-state index contributed by atoms with van der Waals surface area (Å²) in [5.41, 5.74) is 6.29. The molecule has 1 atom stereocenters. The van der Waals surface area contributed by atoms with Crippen molar-refractivity contribution in [2.45, 2.75) is 31.7 Å². The van der Waals surface area contributed by atoms with Crippen LogP contribution < -0.4 is 11.1 Å². The Labute approximate surface area is 135 Å². The summed E-state index contributed by atoms with van der Waals surface area (Å²) in [6, 6.07) is 4.61.